The quantitative estimate of drug-likeness (QED) is 0.838. The summed E-state index contributed by atoms with van der Waals surface area (Å²) >= 11 is 0. The minimum atomic E-state index is 0.734. The van der Waals surface area contributed by atoms with E-state index in [-0.39, 0.29) is 0 Å². The van der Waals surface area contributed by atoms with Crippen LogP contribution in [0.1, 0.15) is 44.9 Å². The van der Waals surface area contributed by atoms with Crippen LogP contribution in [0.3, 0.4) is 0 Å². The Morgan fingerprint density at radius 1 is 1.00 bits per heavy atom. The van der Waals surface area contributed by atoms with Crippen LogP contribution in [0.2, 0.25) is 0 Å². The van der Waals surface area contributed by atoms with Gasteiger partial charge in [-0.3, -0.25) is 9.80 Å². The molecule has 0 spiro atoms. The number of fused-ring (bicyclic) bond motifs is 1. The van der Waals surface area contributed by atoms with Crippen molar-refractivity contribution in [2.24, 2.45) is 5.92 Å². The molecule has 19 heavy (non-hydrogen) atoms. The summed E-state index contributed by atoms with van der Waals surface area (Å²) in [7, 11) is 2.17. The lowest BCUT2D eigenvalue weighted by molar-refractivity contribution is 0.0416. The van der Waals surface area contributed by atoms with Gasteiger partial charge in [0.25, 0.3) is 0 Å². The van der Waals surface area contributed by atoms with Crippen LogP contribution in [0.15, 0.2) is 0 Å². The molecule has 0 aromatic heterocycles. The van der Waals surface area contributed by atoms with Crippen molar-refractivity contribution >= 4 is 0 Å². The third kappa shape index (κ3) is 3.32. The maximum atomic E-state index is 3.61. The molecule has 3 rings (SSSR count). The molecule has 0 amide bonds. The molecule has 3 aliphatic rings. The summed E-state index contributed by atoms with van der Waals surface area (Å²) in [6.07, 6.45) is 10.1. The zero-order chi connectivity index (χ0) is 13.1. The van der Waals surface area contributed by atoms with E-state index in [1.54, 1.807) is 0 Å². The van der Waals surface area contributed by atoms with Crippen molar-refractivity contribution in [3.05, 3.63) is 0 Å². The fraction of sp³-hybridized carbons (Fsp3) is 1.00. The maximum Gasteiger partial charge on any atom is 0.0223 e. The van der Waals surface area contributed by atoms with Crippen molar-refractivity contribution in [1.82, 2.24) is 15.1 Å². The van der Waals surface area contributed by atoms with Gasteiger partial charge in [0.15, 0.2) is 0 Å². The van der Waals surface area contributed by atoms with Gasteiger partial charge in [-0.15, -0.1) is 0 Å². The van der Waals surface area contributed by atoms with Crippen LogP contribution >= 0.6 is 0 Å². The molecule has 0 aromatic rings. The predicted molar refractivity (Wildman–Crippen MR) is 80.5 cm³/mol. The van der Waals surface area contributed by atoms with Crippen LogP contribution in [0, 0.1) is 5.92 Å². The van der Waals surface area contributed by atoms with Gasteiger partial charge in [0, 0.05) is 38.3 Å². The smallest absolute Gasteiger partial charge is 0.0223 e. The minimum Gasteiger partial charge on any atom is -0.315 e. The lowest BCUT2D eigenvalue weighted by atomic mass is 9.95. The molecular formula is C16H31N3. The molecule has 2 aliphatic heterocycles. The number of rotatable bonds is 4. The van der Waals surface area contributed by atoms with E-state index in [4.69, 9.17) is 0 Å². The number of piperidine rings is 1. The maximum absolute atomic E-state index is 3.61. The molecular weight excluding hydrogens is 234 g/mol. The second-order valence-electron chi connectivity index (χ2n) is 6.88. The van der Waals surface area contributed by atoms with Crippen LogP contribution < -0.4 is 5.32 Å². The van der Waals surface area contributed by atoms with Crippen LogP contribution in [0.5, 0.6) is 0 Å². The number of nitrogens with one attached hydrogen (secondary N) is 1. The average molecular weight is 265 g/mol. The molecule has 110 valence electrons. The Hall–Kier alpha value is -0.120. The van der Waals surface area contributed by atoms with Crippen molar-refractivity contribution in [3.8, 4) is 0 Å². The fourth-order valence-electron chi connectivity index (χ4n) is 4.50. The standard InChI is InChI=1S/C16H31N3/c1-17-16(14-6-2-3-7-14)13-18-10-11-19-9-5-4-8-15(19)12-18/h14-17H,2-13H2,1H3. The van der Waals surface area contributed by atoms with Gasteiger partial charge < -0.3 is 5.32 Å². The van der Waals surface area contributed by atoms with E-state index in [0.29, 0.717) is 0 Å². The molecule has 0 bridgehead atoms. The zero-order valence-corrected chi connectivity index (χ0v) is 12.6. The molecule has 1 aliphatic carbocycles. The van der Waals surface area contributed by atoms with E-state index >= 15 is 0 Å². The second kappa shape index (κ2) is 6.55. The van der Waals surface area contributed by atoms with Gasteiger partial charge >= 0.3 is 0 Å². The van der Waals surface area contributed by atoms with E-state index in [0.717, 1.165) is 18.0 Å². The highest BCUT2D eigenvalue weighted by Crippen LogP contribution is 2.29. The van der Waals surface area contributed by atoms with E-state index in [1.165, 1.54) is 77.7 Å². The molecule has 1 N–H and O–H groups in total. The summed E-state index contributed by atoms with van der Waals surface area (Å²) in [4.78, 5) is 5.48. The van der Waals surface area contributed by atoms with Gasteiger partial charge in [-0.25, -0.2) is 0 Å². The first-order valence-corrected chi connectivity index (χ1v) is 8.50. The molecule has 3 heteroatoms. The lowest BCUT2D eigenvalue weighted by Gasteiger charge is -2.45. The molecule has 1 saturated carbocycles. The van der Waals surface area contributed by atoms with Crippen LogP contribution in [-0.4, -0.2) is 61.7 Å². The van der Waals surface area contributed by atoms with E-state index in [1.807, 2.05) is 0 Å². The molecule has 3 nitrogen and oxygen atoms in total. The van der Waals surface area contributed by atoms with E-state index in [2.05, 4.69) is 22.2 Å². The fourth-order valence-corrected chi connectivity index (χ4v) is 4.50. The van der Waals surface area contributed by atoms with Gasteiger partial charge in [0.1, 0.15) is 0 Å². The number of hydrogen-bond donors (Lipinski definition) is 1. The first-order chi connectivity index (χ1) is 9.36. The molecule has 2 unspecified atom stereocenters. The molecule has 2 heterocycles. The predicted octanol–water partition coefficient (Wildman–Crippen LogP) is 1.93. The minimum absolute atomic E-state index is 0.734. The highest BCUT2D eigenvalue weighted by molar-refractivity contribution is 4.88. The van der Waals surface area contributed by atoms with Gasteiger partial charge in [0.2, 0.25) is 0 Å². The molecule has 0 radical (unpaired) electrons. The Morgan fingerprint density at radius 2 is 1.79 bits per heavy atom. The third-order valence-corrected chi connectivity index (χ3v) is 5.72. The van der Waals surface area contributed by atoms with Crippen LogP contribution in [-0.2, 0) is 0 Å². The van der Waals surface area contributed by atoms with E-state index in [9.17, 15) is 0 Å². The highest BCUT2D eigenvalue weighted by Gasteiger charge is 2.31. The summed E-state index contributed by atoms with van der Waals surface area (Å²) in [5.74, 6) is 0.939. The number of nitrogens with zero attached hydrogens (tertiary/aromatic N) is 2. The van der Waals surface area contributed by atoms with Crippen molar-refractivity contribution in [2.45, 2.75) is 57.0 Å². The monoisotopic (exact) mass is 265 g/mol. The Kier molecular flexibility index (Phi) is 4.78. The van der Waals surface area contributed by atoms with Gasteiger partial charge in [-0.2, -0.15) is 0 Å². The SMILES string of the molecule is CNC(CN1CCN2CCCCC2C1)C1CCCC1. The number of hydrogen-bond acceptors (Lipinski definition) is 3. The Balaban J connectivity index is 1.51. The summed E-state index contributed by atoms with van der Waals surface area (Å²) in [6.45, 7) is 6.57. The highest BCUT2D eigenvalue weighted by atomic mass is 15.3. The molecule has 3 fully saturated rings. The molecule has 0 aromatic carbocycles. The summed E-state index contributed by atoms with van der Waals surface area (Å²) < 4.78 is 0. The van der Waals surface area contributed by atoms with Crippen LogP contribution in [0.25, 0.3) is 0 Å². The van der Waals surface area contributed by atoms with Crippen molar-refractivity contribution < 1.29 is 0 Å². The Labute approximate surface area is 118 Å². The summed E-state index contributed by atoms with van der Waals surface area (Å²) in [6, 6.07) is 1.60. The van der Waals surface area contributed by atoms with Gasteiger partial charge in [-0.05, 0) is 45.2 Å². The van der Waals surface area contributed by atoms with Crippen molar-refractivity contribution in [1.29, 1.82) is 0 Å². The van der Waals surface area contributed by atoms with Crippen LogP contribution in [0.4, 0.5) is 0 Å². The molecule has 2 atom stereocenters. The van der Waals surface area contributed by atoms with Crippen molar-refractivity contribution in [3.63, 3.8) is 0 Å². The number of piperazine rings is 1. The lowest BCUT2D eigenvalue weighted by Crippen LogP contribution is -2.57. The normalized spacial score (nSPS) is 32.4. The van der Waals surface area contributed by atoms with E-state index < -0.39 is 0 Å². The Morgan fingerprint density at radius 3 is 2.58 bits per heavy atom. The average Bonchev–Trinajstić information content (AvgIpc) is 2.98. The third-order valence-electron chi connectivity index (χ3n) is 5.72. The van der Waals surface area contributed by atoms with Crippen molar-refractivity contribution in [2.75, 3.05) is 39.8 Å². The Bertz CT molecular complexity index is 275. The van der Waals surface area contributed by atoms with Gasteiger partial charge in [-0.1, -0.05) is 19.3 Å². The zero-order valence-electron chi connectivity index (χ0n) is 12.6. The first-order valence-electron chi connectivity index (χ1n) is 8.50. The largest absolute Gasteiger partial charge is 0.315 e. The van der Waals surface area contributed by atoms with Gasteiger partial charge in [0.05, 0.1) is 0 Å². The summed E-state index contributed by atoms with van der Waals surface area (Å²) in [5.41, 5.74) is 0. The number of likely N-dealkylation sites (N-methyl/N-ethyl adjacent to an activating group) is 1. The summed E-state index contributed by atoms with van der Waals surface area (Å²) in [5, 5.41) is 3.61. The second-order valence-corrected chi connectivity index (χ2v) is 6.88. The first kappa shape index (κ1) is 13.8. The topological polar surface area (TPSA) is 18.5 Å². The molecule has 2 saturated heterocycles.